The van der Waals surface area contributed by atoms with Crippen molar-refractivity contribution in [2.45, 2.75) is 50.5 Å². The highest BCUT2D eigenvalue weighted by Crippen LogP contribution is 2.41. The fraction of sp³-hybridized carbons (Fsp3) is 0.333. The lowest BCUT2D eigenvalue weighted by molar-refractivity contribution is -0.210. The lowest BCUT2D eigenvalue weighted by Crippen LogP contribution is -2.53. The van der Waals surface area contributed by atoms with Gasteiger partial charge in [0.1, 0.15) is 36.3 Å². The second-order valence-electron chi connectivity index (χ2n) is 10.2. The molecule has 6 rings (SSSR count). The Morgan fingerprint density at radius 3 is 2.52 bits per heavy atom. The number of alkyl halides is 3. The molecule has 0 amide bonds. The Hall–Kier alpha value is -3.54. The molecule has 1 aliphatic heterocycles. The van der Waals surface area contributed by atoms with Crippen molar-refractivity contribution in [2.75, 3.05) is 6.61 Å². The van der Waals surface area contributed by atoms with E-state index in [1.165, 1.54) is 25.4 Å². The maximum absolute atomic E-state index is 15.1. The summed E-state index contributed by atoms with van der Waals surface area (Å²) in [5, 5.41) is 41.3. The highest BCUT2D eigenvalue weighted by molar-refractivity contribution is 7.18. The number of rotatable bonds is 5. The Morgan fingerprint density at radius 1 is 1.07 bits per heavy atom. The van der Waals surface area contributed by atoms with Crippen molar-refractivity contribution in [3.8, 4) is 16.8 Å². The first kappa shape index (κ1) is 30.5. The van der Waals surface area contributed by atoms with E-state index in [-0.39, 0.29) is 38.0 Å². The van der Waals surface area contributed by atoms with E-state index in [1.54, 1.807) is 6.92 Å². The van der Waals surface area contributed by atoms with Gasteiger partial charge in [-0.2, -0.15) is 23.4 Å². The van der Waals surface area contributed by atoms with Gasteiger partial charge in [0.2, 0.25) is 0 Å². The minimum absolute atomic E-state index is 0.0265. The predicted octanol–water partition coefficient (Wildman–Crippen LogP) is 4.70. The summed E-state index contributed by atoms with van der Waals surface area (Å²) in [6.45, 7) is 2.31. The van der Waals surface area contributed by atoms with Crippen molar-refractivity contribution in [3.05, 3.63) is 75.5 Å². The SMILES string of the molecule is Cc1nc([C@@H]2O[C@H](CO)[C@H](O)[C@H](n3cc(-c4cc5nc(C)sc5c(F)c4F)cn3)[C@H]2O)n(-c2cc(Cl)ccc2C(F)(F)F)n1. The van der Waals surface area contributed by atoms with Gasteiger partial charge in [-0.25, -0.2) is 23.4 Å². The van der Waals surface area contributed by atoms with E-state index in [2.05, 4.69) is 20.2 Å². The summed E-state index contributed by atoms with van der Waals surface area (Å²) in [6.07, 6.45) is -8.61. The van der Waals surface area contributed by atoms with Crippen LogP contribution in [0.4, 0.5) is 22.0 Å². The van der Waals surface area contributed by atoms with Gasteiger partial charge in [0.15, 0.2) is 17.5 Å². The van der Waals surface area contributed by atoms with Gasteiger partial charge in [-0.1, -0.05) is 11.6 Å². The first-order valence-corrected chi connectivity index (χ1v) is 14.2. The van der Waals surface area contributed by atoms with Gasteiger partial charge in [0, 0.05) is 22.3 Å². The Balaban J connectivity index is 1.43. The van der Waals surface area contributed by atoms with E-state index in [0.717, 1.165) is 38.9 Å². The molecular formula is C27H22ClF5N6O4S. The molecule has 1 aliphatic rings. The van der Waals surface area contributed by atoms with Crippen LogP contribution in [0.3, 0.4) is 0 Å². The van der Waals surface area contributed by atoms with E-state index in [9.17, 15) is 32.9 Å². The van der Waals surface area contributed by atoms with Gasteiger partial charge in [-0.15, -0.1) is 11.3 Å². The quantitative estimate of drug-likeness (QED) is 0.232. The van der Waals surface area contributed by atoms with E-state index in [4.69, 9.17) is 16.3 Å². The fourth-order valence-corrected chi connectivity index (χ4v) is 6.30. The molecule has 3 aromatic heterocycles. The number of hydrogen-bond acceptors (Lipinski definition) is 9. The van der Waals surface area contributed by atoms with Crippen molar-refractivity contribution in [2.24, 2.45) is 0 Å². The number of aryl methyl sites for hydroxylation is 2. The zero-order valence-electron chi connectivity index (χ0n) is 22.7. The van der Waals surface area contributed by atoms with E-state index >= 15 is 4.39 Å². The smallest absolute Gasteiger partial charge is 0.394 e. The molecule has 1 saturated heterocycles. The molecule has 0 bridgehead atoms. The summed E-state index contributed by atoms with van der Waals surface area (Å²) < 4.78 is 79.5. The fourth-order valence-electron chi connectivity index (χ4n) is 5.31. The summed E-state index contributed by atoms with van der Waals surface area (Å²) in [7, 11) is 0. The average Bonchev–Trinajstić information content (AvgIpc) is 3.68. The third-order valence-electron chi connectivity index (χ3n) is 7.27. The Morgan fingerprint density at radius 2 is 1.82 bits per heavy atom. The maximum Gasteiger partial charge on any atom is 0.418 e. The molecular weight excluding hydrogens is 635 g/mol. The molecule has 5 atom stereocenters. The second-order valence-corrected chi connectivity index (χ2v) is 11.8. The number of ether oxygens (including phenoxy) is 1. The lowest BCUT2D eigenvalue weighted by atomic mass is 9.92. The highest BCUT2D eigenvalue weighted by Gasteiger charge is 2.48. The predicted molar refractivity (Wildman–Crippen MR) is 147 cm³/mol. The number of hydrogen-bond donors (Lipinski definition) is 3. The molecule has 1 fully saturated rings. The monoisotopic (exact) mass is 656 g/mol. The molecule has 0 unspecified atom stereocenters. The number of thiazole rings is 1. The molecule has 0 spiro atoms. The van der Waals surface area contributed by atoms with Crippen LogP contribution in [0.25, 0.3) is 27.0 Å². The van der Waals surface area contributed by atoms with Crippen molar-refractivity contribution in [1.29, 1.82) is 0 Å². The van der Waals surface area contributed by atoms with Crippen molar-refractivity contribution < 1.29 is 42.0 Å². The molecule has 17 heteroatoms. The number of nitrogens with zero attached hydrogens (tertiary/aromatic N) is 6. The first-order valence-electron chi connectivity index (χ1n) is 13.0. The summed E-state index contributed by atoms with van der Waals surface area (Å²) >= 11 is 7.02. The van der Waals surface area contributed by atoms with Gasteiger partial charge in [-0.05, 0) is 38.1 Å². The van der Waals surface area contributed by atoms with Crippen LogP contribution in [0.15, 0.2) is 36.7 Å². The summed E-state index contributed by atoms with van der Waals surface area (Å²) in [5.41, 5.74) is -1.44. The van der Waals surface area contributed by atoms with Crippen LogP contribution < -0.4 is 0 Å². The standard InChI is InChI=1S/C27H22ClF5N6O4S/c1-10-35-26(39(37-10)17-5-13(28)3-4-15(17)27(31,32)33)24-23(42)21(22(41)18(9-40)43-24)38-8-12(7-34-38)14-6-16-25(20(30)19(14)29)44-11(2)36-16/h3-8,18,21-24,40-42H,9H2,1-2H3/t18-,21+,22+,23-,24-/m1/s1. The van der Waals surface area contributed by atoms with Crippen LogP contribution in [-0.4, -0.2) is 69.8 Å². The van der Waals surface area contributed by atoms with Crippen molar-refractivity contribution in [3.63, 3.8) is 0 Å². The maximum atomic E-state index is 15.1. The summed E-state index contributed by atoms with van der Waals surface area (Å²) in [6, 6.07) is 2.83. The van der Waals surface area contributed by atoms with E-state index in [0.29, 0.717) is 5.01 Å². The van der Waals surface area contributed by atoms with Crippen LogP contribution in [0.5, 0.6) is 0 Å². The van der Waals surface area contributed by atoms with Crippen LogP contribution >= 0.6 is 22.9 Å². The molecule has 232 valence electrons. The van der Waals surface area contributed by atoms with Crippen molar-refractivity contribution >= 4 is 33.2 Å². The number of aromatic nitrogens is 6. The van der Waals surface area contributed by atoms with E-state index in [1.807, 2.05) is 0 Å². The first-order chi connectivity index (χ1) is 20.8. The minimum atomic E-state index is -4.81. The van der Waals surface area contributed by atoms with Crippen molar-refractivity contribution in [1.82, 2.24) is 29.5 Å². The number of aliphatic hydroxyl groups is 3. The van der Waals surface area contributed by atoms with Gasteiger partial charge in [0.25, 0.3) is 0 Å². The third-order valence-corrected chi connectivity index (χ3v) is 8.48. The number of fused-ring (bicyclic) bond motifs is 1. The summed E-state index contributed by atoms with van der Waals surface area (Å²) in [4.78, 5) is 8.42. The van der Waals surface area contributed by atoms with Gasteiger partial charge in [0.05, 0.1) is 39.3 Å². The largest absolute Gasteiger partial charge is 0.418 e. The van der Waals surface area contributed by atoms with Crippen LogP contribution in [0.1, 0.15) is 34.4 Å². The average molecular weight is 657 g/mol. The Kier molecular flexibility index (Phi) is 7.70. The zero-order chi connectivity index (χ0) is 31.7. The number of halogens is 6. The topological polar surface area (TPSA) is 131 Å². The van der Waals surface area contributed by atoms with Gasteiger partial charge in [-0.3, -0.25) is 4.68 Å². The highest BCUT2D eigenvalue weighted by atomic mass is 35.5. The zero-order valence-corrected chi connectivity index (χ0v) is 24.2. The summed E-state index contributed by atoms with van der Waals surface area (Å²) in [5.74, 6) is -2.48. The molecule has 0 saturated carbocycles. The molecule has 0 aliphatic carbocycles. The molecule has 0 radical (unpaired) electrons. The third kappa shape index (κ3) is 5.14. The van der Waals surface area contributed by atoms with Crippen LogP contribution in [0.2, 0.25) is 5.02 Å². The number of aliphatic hydroxyl groups excluding tert-OH is 3. The molecule has 10 nitrogen and oxygen atoms in total. The Labute approximate surface area is 253 Å². The second kappa shape index (κ2) is 11.1. The number of benzene rings is 2. The van der Waals surface area contributed by atoms with Crippen LogP contribution in [-0.2, 0) is 10.9 Å². The molecule has 5 aromatic rings. The van der Waals surface area contributed by atoms with Crippen LogP contribution in [0, 0.1) is 25.5 Å². The van der Waals surface area contributed by atoms with Gasteiger partial charge < -0.3 is 20.1 Å². The van der Waals surface area contributed by atoms with Gasteiger partial charge >= 0.3 is 6.18 Å². The normalized spacial score (nSPS) is 22.7. The molecule has 3 N–H and O–H groups in total. The minimum Gasteiger partial charge on any atom is -0.394 e. The van der Waals surface area contributed by atoms with E-state index < -0.39 is 66.1 Å². The molecule has 4 heterocycles. The molecule has 2 aromatic carbocycles. The Bertz CT molecular complexity index is 1880. The molecule has 44 heavy (non-hydrogen) atoms. The lowest BCUT2D eigenvalue weighted by Gasteiger charge is -2.42.